The number of aromatic hydroxyl groups is 1. The summed E-state index contributed by atoms with van der Waals surface area (Å²) in [5, 5.41) is 20.6. The monoisotopic (exact) mass is 493 g/mol. The first-order valence-electron chi connectivity index (χ1n) is 12.1. The fraction of sp³-hybridized carbons (Fsp3) is 0.483. The molecular formula is C29H39N3O4. The van der Waals surface area contributed by atoms with Crippen molar-refractivity contribution in [1.29, 1.82) is 5.26 Å². The van der Waals surface area contributed by atoms with Crippen LogP contribution in [0, 0.1) is 11.3 Å². The van der Waals surface area contributed by atoms with E-state index in [9.17, 15) is 20.0 Å². The molecule has 2 rings (SSSR count). The summed E-state index contributed by atoms with van der Waals surface area (Å²) in [6.45, 7) is 15.0. The van der Waals surface area contributed by atoms with Gasteiger partial charge < -0.3 is 15.6 Å². The highest BCUT2D eigenvalue weighted by atomic mass is 16.5. The normalized spacial score (nSPS) is 12.0. The number of rotatable bonds is 9. The fourth-order valence-corrected chi connectivity index (χ4v) is 4.11. The van der Waals surface area contributed by atoms with Gasteiger partial charge in [-0.2, -0.15) is 5.26 Å². The number of Topliss-reactive ketones (excluding diaryl/α,β-unsaturated/α-hetero) is 1. The van der Waals surface area contributed by atoms with Crippen LogP contribution in [0.3, 0.4) is 0 Å². The van der Waals surface area contributed by atoms with Crippen LogP contribution in [0.15, 0.2) is 24.3 Å². The second kappa shape index (κ2) is 11.2. The van der Waals surface area contributed by atoms with E-state index in [1.54, 1.807) is 25.2 Å². The zero-order valence-electron chi connectivity index (χ0n) is 22.8. The number of ketones is 1. The summed E-state index contributed by atoms with van der Waals surface area (Å²) in [6, 6.07) is 8.94. The molecular weight excluding hydrogens is 454 g/mol. The van der Waals surface area contributed by atoms with Gasteiger partial charge in [-0.15, -0.1) is 0 Å². The van der Waals surface area contributed by atoms with Gasteiger partial charge in [0.1, 0.15) is 5.75 Å². The smallest absolute Gasteiger partial charge is 0.249 e. The van der Waals surface area contributed by atoms with Crippen molar-refractivity contribution in [1.82, 2.24) is 4.90 Å². The van der Waals surface area contributed by atoms with Gasteiger partial charge in [-0.3, -0.25) is 14.5 Å². The molecule has 0 aliphatic rings. The second-order valence-corrected chi connectivity index (χ2v) is 11.3. The Morgan fingerprint density at radius 2 is 1.58 bits per heavy atom. The summed E-state index contributed by atoms with van der Waals surface area (Å²) < 4.78 is 5.47. The van der Waals surface area contributed by atoms with Crippen molar-refractivity contribution in [2.24, 2.45) is 5.73 Å². The first-order chi connectivity index (χ1) is 16.6. The van der Waals surface area contributed by atoms with Gasteiger partial charge >= 0.3 is 0 Å². The predicted octanol–water partition coefficient (Wildman–Crippen LogP) is 4.81. The Balaban J connectivity index is 2.39. The van der Waals surface area contributed by atoms with Gasteiger partial charge in [0.25, 0.3) is 0 Å². The summed E-state index contributed by atoms with van der Waals surface area (Å²) >= 11 is 0. The highest BCUT2D eigenvalue weighted by Crippen LogP contribution is 2.39. The Morgan fingerprint density at radius 1 is 1.03 bits per heavy atom. The molecule has 0 aliphatic carbocycles. The van der Waals surface area contributed by atoms with E-state index < -0.39 is 5.91 Å². The minimum atomic E-state index is -0.618. The van der Waals surface area contributed by atoms with Crippen LogP contribution < -0.4 is 5.73 Å². The molecule has 7 nitrogen and oxygen atoms in total. The molecule has 194 valence electrons. The molecule has 0 fully saturated rings. The molecule has 0 aromatic heterocycles. The maximum absolute atomic E-state index is 13.4. The maximum Gasteiger partial charge on any atom is 0.249 e. The zero-order valence-corrected chi connectivity index (χ0v) is 22.8. The lowest BCUT2D eigenvalue weighted by Crippen LogP contribution is -2.27. The molecule has 0 saturated heterocycles. The van der Waals surface area contributed by atoms with Crippen LogP contribution in [0.4, 0.5) is 0 Å². The minimum Gasteiger partial charge on any atom is -0.507 e. The van der Waals surface area contributed by atoms with E-state index in [2.05, 4.69) is 6.07 Å². The van der Waals surface area contributed by atoms with Gasteiger partial charge in [0.2, 0.25) is 5.91 Å². The number of benzene rings is 2. The molecule has 0 bridgehead atoms. The molecule has 36 heavy (non-hydrogen) atoms. The Bertz CT molecular complexity index is 1150. The molecule has 0 aliphatic heterocycles. The molecule has 0 spiro atoms. The maximum atomic E-state index is 13.4. The lowest BCUT2D eigenvalue weighted by atomic mass is 9.78. The average molecular weight is 494 g/mol. The van der Waals surface area contributed by atoms with Crippen LogP contribution >= 0.6 is 0 Å². The van der Waals surface area contributed by atoms with Crippen molar-refractivity contribution < 1.29 is 19.4 Å². The number of nitrogens with zero attached hydrogens (tertiary/aromatic N) is 2. The molecule has 0 atom stereocenters. The van der Waals surface area contributed by atoms with Crippen LogP contribution in [-0.4, -0.2) is 41.9 Å². The molecule has 1 amide bonds. The number of primary amides is 1. The summed E-state index contributed by atoms with van der Waals surface area (Å²) in [4.78, 5) is 27.1. The molecule has 0 unspecified atom stereocenters. The van der Waals surface area contributed by atoms with Crippen LogP contribution in [0.5, 0.6) is 5.75 Å². The molecule has 2 aromatic rings. The van der Waals surface area contributed by atoms with Gasteiger partial charge in [0.05, 0.1) is 24.8 Å². The van der Waals surface area contributed by atoms with Crippen molar-refractivity contribution in [3.05, 3.63) is 63.2 Å². The van der Waals surface area contributed by atoms with E-state index in [1.807, 2.05) is 53.4 Å². The lowest BCUT2D eigenvalue weighted by molar-refractivity contribution is 0.0942. The number of carbonyl (C=O) groups excluding carboxylic acids is 2. The third-order valence-electron chi connectivity index (χ3n) is 6.08. The van der Waals surface area contributed by atoms with E-state index in [0.717, 1.165) is 11.1 Å². The standard InChI is InChI=1S/C29H39N3O4/c1-9-36-17-21-10-20(19(14-30)11-22(21)27(31)35)15-32(8)16-25(33)18-12-23(28(2,3)4)26(34)24(13-18)29(5,6)7/h10-13,34H,9,15-17H2,1-8H3,(H2,31,35). The summed E-state index contributed by atoms with van der Waals surface area (Å²) in [5.41, 5.74) is 8.72. The van der Waals surface area contributed by atoms with E-state index in [0.29, 0.717) is 35.4 Å². The molecule has 0 saturated carbocycles. The van der Waals surface area contributed by atoms with E-state index in [4.69, 9.17) is 10.5 Å². The van der Waals surface area contributed by atoms with Gasteiger partial charge in [-0.1, -0.05) is 47.6 Å². The third-order valence-corrected chi connectivity index (χ3v) is 6.08. The van der Waals surface area contributed by atoms with E-state index in [1.165, 1.54) is 6.07 Å². The van der Waals surface area contributed by atoms with Gasteiger partial charge in [0.15, 0.2) is 5.78 Å². The van der Waals surface area contributed by atoms with Crippen LogP contribution in [-0.2, 0) is 28.7 Å². The summed E-state index contributed by atoms with van der Waals surface area (Å²) in [6.07, 6.45) is 0. The highest BCUT2D eigenvalue weighted by molar-refractivity contribution is 5.98. The number of phenols is 1. The lowest BCUT2D eigenvalue weighted by Gasteiger charge is -2.28. The number of nitriles is 1. The Kier molecular flexibility index (Phi) is 9.06. The van der Waals surface area contributed by atoms with Gasteiger partial charge in [0, 0.05) is 35.4 Å². The number of likely N-dealkylation sites (N-methyl/N-ethyl adjacent to an activating group) is 1. The van der Waals surface area contributed by atoms with Gasteiger partial charge in [-0.05, 0) is 54.1 Å². The van der Waals surface area contributed by atoms with Crippen molar-refractivity contribution in [2.75, 3.05) is 20.2 Å². The topological polar surface area (TPSA) is 117 Å². The minimum absolute atomic E-state index is 0.0877. The largest absolute Gasteiger partial charge is 0.507 e. The molecule has 0 heterocycles. The Morgan fingerprint density at radius 3 is 2.03 bits per heavy atom. The summed E-state index contributed by atoms with van der Waals surface area (Å²) in [5.74, 6) is -0.474. The fourth-order valence-electron chi connectivity index (χ4n) is 4.11. The molecule has 7 heteroatoms. The Labute approximate surface area is 214 Å². The average Bonchev–Trinajstić information content (AvgIpc) is 2.75. The van der Waals surface area contributed by atoms with Crippen molar-refractivity contribution >= 4 is 11.7 Å². The van der Waals surface area contributed by atoms with Crippen LogP contribution in [0.1, 0.15) is 97.0 Å². The first kappa shape index (κ1) is 29.0. The van der Waals surface area contributed by atoms with Gasteiger partial charge in [-0.25, -0.2) is 0 Å². The van der Waals surface area contributed by atoms with E-state index in [-0.39, 0.29) is 41.1 Å². The number of hydrogen-bond donors (Lipinski definition) is 2. The highest BCUT2D eigenvalue weighted by Gasteiger charge is 2.28. The number of ether oxygens (including phenoxy) is 1. The number of nitrogens with two attached hydrogens (primary N) is 1. The molecule has 0 radical (unpaired) electrons. The number of amides is 1. The Hall–Kier alpha value is -3.21. The van der Waals surface area contributed by atoms with Crippen molar-refractivity contribution in [3.8, 4) is 11.8 Å². The SMILES string of the molecule is CCOCc1cc(CN(C)CC(=O)c2cc(C(C)(C)C)c(O)c(C(C)(C)C)c2)c(C#N)cc1C(N)=O. The second-order valence-electron chi connectivity index (χ2n) is 11.3. The number of phenolic OH excluding ortho intramolecular Hbond substituents is 1. The first-order valence-corrected chi connectivity index (χ1v) is 12.1. The molecule has 2 aromatic carbocycles. The molecule has 3 N–H and O–H groups in total. The number of hydrogen-bond acceptors (Lipinski definition) is 6. The van der Waals surface area contributed by atoms with Crippen molar-refractivity contribution in [3.63, 3.8) is 0 Å². The predicted molar refractivity (Wildman–Crippen MR) is 141 cm³/mol. The number of carbonyl (C=O) groups is 2. The van der Waals surface area contributed by atoms with E-state index >= 15 is 0 Å². The zero-order chi connectivity index (χ0) is 27.4. The van der Waals surface area contributed by atoms with Crippen molar-refractivity contribution in [2.45, 2.75) is 72.4 Å². The van der Waals surface area contributed by atoms with Crippen LogP contribution in [0.2, 0.25) is 0 Å². The quantitative estimate of drug-likeness (QED) is 0.484. The third kappa shape index (κ3) is 6.93. The van der Waals surface area contributed by atoms with Crippen LogP contribution in [0.25, 0.3) is 0 Å². The summed E-state index contributed by atoms with van der Waals surface area (Å²) in [7, 11) is 1.80.